The van der Waals surface area contributed by atoms with E-state index in [2.05, 4.69) is 75.2 Å². The standard InChI is InChI=1S/C20H42N4/c1-17-15-19(3,4)23-12-10-22(8)18(2)16-20(5,6)24(14-13-23)11-9-21(17)7/h17-18H,9-16H2,1-8H3/t17-,18?/m0/s1. The van der Waals surface area contributed by atoms with Crippen molar-refractivity contribution in [1.82, 2.24) is 19.6 Å². The number of hydrogen-bond donors (Lipinski definition) is 0. The monoisotopic (exact) mass is 338 g/mol. The van der Waals surface area contributed by atoms with Crippen LogP contribution >= 0.6 is 0 Å². The molecule has 2 saturated heterocycles. The third kappa shape index (κ3) is 4.72. The van der Waals surface area contributed by atoms with E-state index in [-0.39, 0.29) is 11.1 Å². The molecule has 2 fully saturated rings. The SMILES string of the molecule is CC1CC(C)(C)N2CCN(C)[C@@H](C)CC(C)(C)N(CCN1C)CC2. The van der Waals surface area contributed by atoms with Crippen LogP contribution in [0.2, 0.25) is 0 Å². The molecule has 0 aliphatic carbocycles. The Morgan fingerprint density at radius 2 is 0.875 bits per heavy atom. The summed E-state index contributed by atoms with van der Waals surface area (Å²) < 4.78 is 0. The molecule has 0 saturated carbocycles. The van der Waals surface area contributed by atoms with Crippen molar-refractivity contribution in [3.63, 3.8) is 0 Å². The Hall–Kier alpha value is -0.160. The van der Waals surface area contributed by atoms with E-state index in [1.54, 1.807) is 0 Å². The fourth-order valence-corrected chi connectivity index (χ4v) is 4.69. The second-order valence-corrected chi connectivity index (χ2v) is 9.67. The van der Waals surface area contributed by atoms with Gasteiger partial charge in [-0.05, 0) is 68.5 Å². The molecule has 4 nitrogen and oxygen atoms in total. The fraction of sp³-hybridized carbons (Fsp3) is 1.00. The van der Waals surface area contributed by atoms with E-state index in [4.69, 9.17) is 0 Å². The minimum atomic E-state index is 0.254. The molecule has 4 heteroatoms. The van der Waals surface area contributed by atoms with Gasteiger partial charge < -0.3 is 9.80 Å². The van der Waals surface area contributed by atoms with Crippen molar-refractivity contribution >= 4 is 0 Å². The highest BCUT2D eigenvalue weighted by atomic mass is 15.3. The topological polar surface area (TPSA) is 13.0 Å². The van der Waals surface area contributed by atoms with Crippen LogP contribution < -0.4 is 0 Å². The molecule has 2 bridgehead atoms. The van der Waals surface area contributed by atoms with Crippen LogP contribution in [0.5, 0.6) is 0 Å². The van der Waals surface area contributed by atoms with Crippen molar-refractivity contribution in [3.05, 3.63) is 0 Å². The second-order valence-electron chi connectivity index (χ2n) is 9.67. The lowest BCUT2D eigenvalue weighted by molar-refractivity contribution is -0.00155. The Balaban J connectivity index is 2.33. The highest BCUT2D eigenvalue weighted by Crippen LogP contribution is 2.28. The van der Waals surface area contributed by atoms with Crippen LogP contribution in [0, 0.1) is 0 Å². The molecule has 142 valence electrons. The Kier molecular flexibility index (Phi) is 6.39. The summed E-state index contributed by atoms with van der Waals surface area (Å²) in [6.07, 6.45) is 2.48. The molecule has 0 aromatic carbocycles. The first-order chi connectivity index (χ1) is 11.0. The van der Waals surface area contributed by atoms with Gasteiger partial charge in [-0.15, -0.1) is 0 Å². The molecule has 0 amide bonds. The van der Waals surface area contributed by atoms with Crippen LogP contribution in [-0.4, -0.2) is 96.1 Å². The Morgan fingerprint density at radius 3 is 1.21 bits per heavy atom. The van der Waals surface area contributed by atoms with Crippen molar-refractivity contribution in [3.8, 4) is 0 Å². The van der Waals surface area contributed by atoms with E-state index in [0.29, 0.717) is 12.1 Å². The average Bonchev–Trinajstić information content (AvgIpc) is 2.46. The first-order valence-corrected chi connectivity index (χ1v) is 9.93. The molecule has 0 spiro atoms. The summed E-state index contributed by atoms with van der Waals surface area (Å²) in [4.78, 5) is 10.6. The minimum Gasteiger partial charge on any atom is -0.302 e. The van der Waals surface area contributed by atoms with Crippen LogP contribution in [0.25, 0.3) is 0 Å². The smallest absolute Gasteiger partial charge is 0.0169 e. The third-order valence-corrected chi connectivity index (χ3v) is 6.89. The summed E-state index contributed by atoms with van der Waals surface area (Å²) in [7, 11) is 4.61. The van der Waals surface area contributed by atoms with Crippen LogP contribution in [0.1, 0.15) is 54.4 Å². The molecular formula is C20H42N4. The highest BCUT2D eigenvalue weighted by molar-refractivity contribution is 4.93. The van der Waals surface area contributed by atoms with Crippen LogP contribution in [-0.2, 0) is 0 Å². The van der Waals surface area contributed by atoms with Gasteiger partial charge >= 0.3 is 0 Å². The van der Waals surface area contributed by atoms with Crippen molar-refractivity contribution < 1.29 is 0 Å². The maximum Gasteiger partial charge on any atom is 0.0169 e. The molecule has 0 radical (unpaired) electrons. The molecule has 2 aliphatic heterocycles. The van der Waals surface area contributed by atoms with Crippen LogP contribution in [0.4, 0.5) is 0 Å². The first-order valence-electron chi connectivity index (χ1n) is 9.93. The predicted molar refractivity (Wildman–Crippen MR) is 105 cm³/mol. The molecule has 3 unspecified atom stereocenters. The number of hydrogen-bond acceptors (Lipinski definition) is 4. The molecule has 24 heavy (non-hydrogen) atoms. The minimum absolute atomic E-state index is 0.254. The molecule has 2 aliphatic rings. The largest absolute Gasteiger partial charge is 0.302 e. The second kappa shape index (κ2) is 7.61. The molecule has 0 aromatic heterocycles. The summed E-state index contributed by atoms with van der Waals surface area (Å²) in [6.45, 7) is 21.7. The quantitative estimate of drug-likeness (QED) is 0.673. The lowest BCUT2D eigenvalue weighted by Crippen LogP contribution is -2.59. The van der Waals surface area contributed by atoms with E-state index < -0.39 is 0 Å². The van der Waals surface area contributed by atoms with Crippen LogP contribution in [0.3, 0.4) is 0 Å². The summed E-state index contributed by atoms with van der Waals surface area (Å²) in [6, 6.07) is 1.26. The first kappa shape index (κ1) is 20.2. The number of fused-ring (bicyclic) bond motifs is 3. The zero-order chi connectivity index (χ0) is 18.1. The van der Waals surface area contributed by atoms with Gasteiger partial charge in [0.2, 0.25) is 0 Å². The van der Waals surface area contributed by atoms with Gasteiger partial charge in [-0.2, -0.15) is 0 Å². The van der Waals surface area contributed by atoms with Gasteiger partial charge in [0, 0.05) is 62.4 Å². The molecule has 2 rings (SSSR count). The van der Waals surface area contributed by atoms with E-state index >= 15 is 0 Å². The maximum absolute atomic E-state index is 2.75. The van der Waals surface area contributed by atoms with E-state index in [0.717, 1.165) is 0 Å². The molecule has 0 N–H and O–H groups in total. The Labute approximate surface area is 151 Å². The Bertz CT molecular complexity index is 368. The average molecular weight is 339 g/mol. The zero-order valence-electron chi connectivity index (χ0n) is 17.6. The van der Waals surface area contributed by atoms with Crippen molar-refractivity contribution in [2.24, 2.45) is 0 Å². The van der Waals surface area contributed by atoms with Gasteiger partial charge in [0.1, 0.15) is 0 Å². The van der Waals surface area contributed by atoms with E-state index in [1.807, 2.05) is 0 Å². The van der Waals surface area contributed by atoms with E-state index in [1.165, 1.54) is 52.1 Å². The van der Waals surface area contributed by atoms with Crippen molar-refractivity contribution in [2.45, 2.75) is 77.5 Å². The summed E-state index contributed by atoms with van der Waals surface area (Å²) in [5.74, 6) is 0. The van der Waals surface area contributed by atoms with Gasteiger partial charge in [0.15, 0.2) is 0 Å². The lowest BCUT2D eigenvalue weighted by Gasteiger charge is -2.49. The maximum atomic E-state index is 2.75. The predicted octanol–water partition coefficient (Wildman–Crippen LogP) is 2.60. The number of likely N-dealkylation sites (N-methyl/N-ethyl adjacent to an activating group) is 2. The molecule has 4 atom stereocenters. The fourth-order valence-electron chi connectivity index (χ4n) is 4.69. The number of rotatable bonds is 0. The highest BCUT2D eigenvalue weighted by Gasteiger charge is 2.36. The van der Waals surface area contributed by atoms with Gasteiger partial charge in [-0.3, -0.25) is 9.80 Å². The molecule has 2 heterocycles. The lowest BCUT2D eigenvalue weighted by atomic mass is 9.90. The summed E-state index contributed by atoms with van der Waals surface area (Å²) >= 11 is 0. The van der Waals surface area contributed by atoms with Gasteiger partial charge in [-0.1, -0.05) is 0 Å². The normalized spacial score (nSPS) is 39.5. The van der Waals surface area contributed by atoms with Crippen molar-refractivity contribution in [2.75, 3.05) is 53.4 Å². The third-order valence-electron chi connectivity index (χ3n) is 6.89. The summed E-state index contributed by atoms with van der Waals surface area (Å²) in [5, 5.41) is 0. The van der Waals surface area contributed by atoms with Gasteiger partial charge in [0.05, 0.1) is 0 Å². The van der Waals surface area contributed by atoms with Crippen molar-refractivity contribution in [1.29, 1.82) is 0 Å². The van der Waals surface area contributed by atoms with E-state index in [9.17, 15) is 0 Å². The van der Waals surface area contributed by atoms with Gasteiger partial charge in [0.25, 0.3) is 0 Å². The molecular weight excluding hydrogens is 296 g/mol. The Morgan fingerprint density at radius 1 is 0.583 bits per heavy atom. The summed E-state index contributed by atoms with van der Waals surface area (Å²) in [5.41, 5.74) is 0.508. The van der Waals surface area contributed by atoms with Crippen LogP contribution in [0.15, 0.2) is 0 Å². The molecule has 0 aromatic rings. The number of nitrogens with zero attached hydrogens (tertiary/aromatic N) is 4. The van der Waals surface area contributed by atoms with Gasteiger partial charge in [-0.25, -0.2) is 0 Å². The zero-order valence-corrected chi connectivity index (χ0v) is 17.6.